The van der Waals surface area contributed by atoms with Gasteiger partial charge in [0.15, 0.2) is 6.29 Å². The molecule has 18 heavy (non-hydrogen) atoms. The predicted molar refractivity (Wildman–Crippen MR) is 62.3 cm³/mol. The van der Waals surface area contributed by atoms with Gasteiger partial charge in [-0.25, -0.2) is 0 Å². The maximum absolute atomic E-state index is 10.6. The third kappa shape index (κ3) is 3.66. The number of aliphatic hydroxyl groups is 1. The van der Waals surface area contributed by atoms with Gasteiger partial charge in [-0.1, -0.05) is 0 Å². The first-order valence-electron chi connectivity index (χ1n) is 5.19. The first-order valence-corrected chi connectivity index (χ1v) is 5.19. The molecule has 7 nitrogen and oxygen atoms in total. The first-order chi connectivity index (χ1) is 8.62. The van der Waals surface area contributed by atoms with E-state index in [0.29, 0.717) is 11.3 Å². The molecular weight excluding hydrogens is 242 g/mol. The van der Waals surface area contributed by atoms with Crippen LogP contribution in [0.3, 0.4) is 0 Å². The lowest BCUT2D eigenvalue weighted by atomic mass is 10.2. The normalized spacial score (nSPS) is 10.7. The number of rotatable bonds is 7. The van der Waals surface area contributed by atoms with Gasteiger partial charge in [-0.2, -0.15) is 0 Å². The molecule has 0 atom stereocenters. The lowest BCUT2D eigenvalue weighted by molar-refractivity contribution is -0.385. The van der Waals surface area contributed by atoms with Crippen molar-refractivity contribution >= 4 is 5.69 Å². The molecule has 0 spiro atoms. The maximum atomic E-state index is 10.6. The molecule has 0 fully saturated rings. The zero-order valence-corrected chi connectivity index (χ0v) is 10.2. The van der Waals surface area contributed by atoms with E-state index in [-0.39, 0.29) is 18.9 Å². The van der Waals surface area contributed by atoms with Crippen molar-refractivity contribution in [3.05, 3.63) is 33.9 Å². The molecule has 0 heterocycles. The highest BCUT2D eigenvalue weighted by Gasteiger charge is 2.13. The molecule has 0 bridgehead atoms. The largest absolute Gasteiger partial charge is 0.488 e. The Morgan fingerprint density at radius 1 is 1.39 bits per heavy atom. The Labute approximate surface area is 104 Å². The topological polar surface area (TPSA) is 91.1 Å². The van der Waals surface area contributed by atoms with Crippen molar-refractivity contribution in [3.8, 4) is 5.75 Å². The van der Waals surface area contributed by atoms with Gasteiger partial charge in [0, 0.05) is 31.9 Å². The fraction of sp³-hybridized carbons (Fsp3) is 0.455. The number of nitro groups is 1. The van der Waals surface area contributed by atoms with Crippen LogP contribution in [-0.2, 0) is 16.1 Å². The van der Waals surface area contributed by atoms with E-state index in [9.17, 15) is 10.1 Å². The summed E-state index contributed by atoms with van der Waals surface area (Å²) in [5.41, 5.74) is 0.247. The van der Waals surface area contributed by atoms with Crippen molar-refractivity contribution in [2.45, 2.75) is 12.9 Å². The third-order valence-electron chi connectivity index (χ3n) is 2.33. The molecule has 0 aliphatic heterocycles. The minimum absolute atomic E-state index is 0.0959. The lowest BCUT2D eigenvalue weighted by Crippen LogP contribution is -2.22. The van der Waals surface area contributed by atoms with Crippen LogP contribution in [0.1, 0.15) is 5.56 Å². The van der Waals surface area contributed by atoms with Gasteiger partial charge in [0.2, 0.25) is 0 Å². The van der Waals surface area contributed by atoms with Crippen LogP contribution in [0.15, 0.2) is 18.2 Å². The average molecular weight is 257 g/mol. The number of aliphatic hydroxyl groups excluding tert-OH is 1. The maximum Gasteiger partial charge on any atom is 0.270 e. The van der Waals surface area contributed by atoms with Gasteiger partial charge in [0.05, 0.1) is 11.5 Å². The van der Waals surface area contributed by atoms with Gasteiger partial charge in [0.1, 0.15) is 12.4 Å². The Morgan fingerprint density at radius 2 is 2.06 bits per heavy atom. The van der Waals surface area contributed by atoms with Crippen molar-refractivity contribution in [1.82, 2.24) is 0 Å². The van der Waals surface area contributed by atoms with Crippen molar-refractivity contribution in [2.75, 3.05) is 20.8 Å². The summed E-state index contributed by atoms with van der Waals surface area (Å²) in [5, 5.41) is 19.7. The summed E-state index contributed by atoms with van der Waals surface area (Å²) in [6, 6.07) is 4.01. The number of nitrogens with zero attached hydrogens (tertiary/aromatic N) is 1. The van der Waals surface area contributed by atoms with Gasteiger partial charge < -0.3 is 19.3 Å². The van der Waals surface area contributed by atoms with Crippen LogP contribution in [0.25, 0.3) is 0 Å². The number of hydrogen-bond acceptors (Lipinski definition) is 6. The van der Waals surface area contributed by atoms with Gasteiger partial charge in [-0.3, -0.25) is 10.1 Å². The van der Waals surface area contributed by atoms with Crippen LogP contribution < -0.4 is 4.74 Å². The van der Waals surface area contributed by atoms with E-state index in [4.69, 9.17) is 19.3 Å². The summed E-state index contributed by atoms with van der Waals surface area (Å²) in [6.07, 6.45) is -0.535. The molecule has 0 saturated heterocycles. The summed E-state index contributed by atoms with van der Waals surface area (Å²) in [5.74, 6) is 0.363. The quantitative estimate of drug-likeness (QED) is 0.446. The number of non-ortho nitro benzene ring substituents is 1. The highest BCUT2D eigenvalue weighted by Crippen LogP contribution is 2.24. The van der Waals surface area contributed by atoms with Crippen LogP contribution >= 0.6 is 0 Å². The molecule has 1 N–H and O–H groups in total. The minimum Gasteiger partial charge on any atom is -0.488 e. The summed E-state index contributed by atoms with van der Waals surface area (Å²) in [7, 11) is 2.95. The second kappa shape index (κ2) is 6.90. The highest BCUT2D eigenvalue weighted by molar-refractivity contribution is 5.43. The summed E-state index contributed by atoms with van der Waals surface area (Å²) in [4.78, 5) is 10.1. The molecule has 0 amide bonds. The second-order valence-corrected chi connectivity index (χ2v) is 3.42. The molecule has 100 valence electrons. The Hall–Kier alpha value is -1.70. The molecule has 0 saturated carbocycles. The number of benzene rings is 1. The molecule has 0 aliphatic rings. The van der Waals surface area contributed by atoms with E-state index < -0.39 is 11.2 Å². The second-order valence-electron chi connectivity index (χ2n) is 3.42. The fourth-order valence-corrected chi connectivity index (χ4v) is 1.33. The van der Waals surface area contributed by atoms with Crippen LogP contribution in [0.5, 0.6) is 5.75 Å². The van der Waals surface area contributed by atoms with E-state index >= 15 is 0 Å². The zero-order chi connectivity index (χ0) is 13.5. The van der Waals surface area contributed by atoms with E-state index in [0.717, 1.165) is 0 Å². The van der Waals surface area contributed by atoms with E-state index in [2.05, 4.69) is 0 Å². The van der Waals surface area contributed by atoms with Crippen LogP contribution in [0.4, 0.5) is 5.69 Å². The Morgan fingerprint density at radius 3 is 2.56 bits per heavy atom. The summed E-state index contributed by atoms with van der Waals surface area (Å²) >= 11 is 0. The van der Waals surface area contributed by atoms with Gasteiger partial charge >= 0.3 is 0 Å². The monoisotopic (exact) mass is 257 g/mol. The third-order valence-corrected chi connectivity index (χ3v) is 2.33. The summed E-state index contributed by atoms with van der Waals surface area (Å²) < 4.78 is 15.3. The molecule has 0 aliphatic carbocycles. The van der Waals surface area contributed by atoms with E-state index in [1.807, 2.05) is 0 Å². The number of hydrogen-bond donors (Lipinski definition) is 1. The van der Waals surface area contributed by atoms with Crippen LogP contribution in [-0.4, -0.2) is 37.1 Å². The first kappa shape index (κ1) is 14.4. The van der Waals surface area contributed by atoms with E-state index in [1.54, 1.807) is 0 Å². The van der Waals surface area contributed by atoms with Crippen molar-refractivity contribution in [1.29, 1.82) is 0 Å². The molecule has 0 unspecified atom stereocenters. The highest BCUT2D eigenvalue weighted by atomic mass is 16.7. The zero-order valence-electron chi connectivity index (χ0n) is 10.2. The molecule has 1 aromatic carbocycles. The van der Waals surface area contributed by atoms with Crippen LogP contribution in [0.2, 0.25) is 0 Å². The Kier molecular flexibility index (Phi) is 5.50. The van der Waals surface area contributed by atoms with Gasteiger partial charge in [0.25, 0.3) is 5.69 Å². The molecule has 1 rings (SSSR count). The average Bonchev–Trinajstić information content (AvgIpc) is 2.39. The fourth-order valence-electron chi connectivity index (χ4n) is 1.33. The van der Waals surface area contributed by atoms with E-state index in [1.165, 1.54) is 32.4 Å². The number of ether oxygens (including phenoxy) is 3. The Bertz CT molecular complexity index is 405. The van der Waals surface area contributed by atoms with Crippen molar-refractivity contribution in [3.63, 3.8) is 0 Å². The van der Waals surface area contributed by atoms with Gasteiger partial charge in [-0.15, -0.1) is 0 Å². The van der Waals surface area contributed by atoms with Crippen molar-refractivity contribution in [2.24, 2.45) is 0 Å². The number of methoxy groups -OCH3 is 2. The standard InChI is InChI=1S/C11H15NO6/c1-16-11(17-2)7-18-10-4-3-9(12(14)15)5-8(10)6-13/h3-5,11,13H,6-7H2,1-2H3. The van der Waals surface area contributed by atoms with Crippen LogP contribution in [0, 0.1) is 10.1 Å². The molecular formula is C11H15NO6. The van der Waals surface area contributed by atoms with Gasteiger partial charge in [-0.05, 0) is 6.07 Å². The number of nitro benzene ring substituents is 1. The molecule has 0 radical (unpaired) electrons. The summed E-state index contributed by atoms with van der Waals surface area (Å²) in [6.45, 7) is -0.223. The Balaban J connectivity index is 2.79. The minimum atomic E-state index is -0.535. The van der Waals surface area contributed by atoms with Crippen molar-refractivity contribution < 1.29 is 24.2 Å². The smallest absolute Gasteiger partial charge is 0.270 e. The predicted octanol–water partition coefficient (Wildman–Crippen LogP) is 1.08. The molecule has 0 aromatic heterocycles. The molecule has 1 aromatic rings. The molecule has 7 heteroatoms. The SMILES string of the molecule is COC(COc1ccc([N+](=O)[O-])cc1CO)OC. The lowest BCUT2D eigenvalue weighted by Gasteiger charge is -2.15.